The Balaban J connectivity index is 1.11. The number of benzene rings is 1. The molecule has 3 aromatic rings. The van der Waals surface area contributed by atoms with E-state index in [4.69, 9.17) is 16.0 Å². The zero-order valence-corrected chi connectivity index (χ0v) is 17.4. The van der Waals surface area contributed by atoms with Gasteiger partial charge in [-0.15, -0.1) is 0 Å². The maximum atomic E-state index is 12.6. The number of carbonyl (C=O) groups excluding carboxylic acids is 1. The Bertz CT molecular complexity index is 1020. The van der Waals surface area contributed by atoms with Crippen molar-refractivity contribution < 1.29 is 9.21 Å². The van der Waals surface area contributed by atoms with E-state index in [0.717, 1.165) is 43.1 Å². The number of rotatable bonds is 6. The van der Waals surface area contributed by atoms with Gasteiger partial charge in [0.2, 0.25) is 5.91 Å². The zero-order valence-electron chi connectivity index (χ0n) is 16.7. The van der Waals surface area contributed by atoms with Crippen LogP contribution in [0.2, 0.25) is 5.02 Å². The van der Waals surface area contributed by atoms with E-state index < -0.39 is 0 Å². The number of aryl methyl sites for hydroxylation is 1. The molecule has 0 spiro atoms. The molecule has 7 nitrogen and oxygen atoms in total. The fourth-order valence-electron chi connectivity index (χ4n) is 3.94. The Morgan fingerprint density at radius 3 is 2.63 bits per heavy atom. The minimum atomic E-state index is 0.149. The van der Waals surface area contributed by atoms with Gasteiger partial charge in [-0.2, -0.15) is 5.10 Å². The van der Waals surface area contributed by atoms with E-state index in [9.17, 15) is 4.79 Å². The number of nitrogens with zero attached hydrogens (tertiary/aromatic N) is 4. The summed E-state index contributed by atoms with van der Waals surface area (Å²) in [6, 6.07) is 7.42. The van der Waals surface area contributed by atoms with Crippen LogP contribution in [-0.2, 0) is 11.2 Å². The standard InChI is InChI=1S/C22H24ClN5O2/c23-17-5-3-14(4-6-17)18-13-24-19(30-18)7-8-20(29)28-11-9-16(10-12-28)22-25-21(26-27-22)15-1-2-15/h3-6,13,15-16H,1-2,7-12H2,(H,25,26,27). The number of carbonyl (C=O) groups is 1. The summed E-state index contributed by atoms with van der Waals surface area (Å²) in [5.74, 6) is 4.29. The summed E-state index contributed by atoms with van der Waals surface area (Å²) >= 11 is 5.93. The van der Waals surface area contributed by atoms with Gasteiger partial charge in [-0.3, -0.25) is 9.89 Å². The second-order valence-corrected chi connectivity index (χ2v) is 8.57. The first-order valence-electron chi connectivity index (χ1n) is 10.6. The molecule has 1 amide bonds. The van der Waals surface area contributed by atoms with Crippen molar-refractivity contribution in [3.05, 3.63) is 53.0 Å². The van der Waals surface area contributed by atoms with Crippen LogP contribution in [0.25, 0.3) is 11.3 Å². The Hall–Kier alpha value is -2.67. The molecule has 1 N–H and O–H groups in total. The third kappa shape index (κ3) is 4.26. The largest absolute Gasteiger partial charge is 0.441 e. The van der Waals surface area contributed by atoms with E-state index in [1.165, 1.54) is 12.8 Å². The number of aromatic nitrogens is 4. The molecule has 5 rings (SSSR count). The van der Waals surface area contributed by atoms with Crippen LogP contribution in [0.3, 0.4) is 0 Å². The molecule has 8 heteroatoms. The number of piperidine rings is 1. The molecule has 1 aromatic carbocycles. The predicted octanol–water partition coefficient (Wildman–Crippen LogP) is 4.33. The van der Waals surface area contributed by atoms with Crippen LogP contribution in [0.1, 0.15) is 61.5 Å². The number of likely N-dealkylation sites (tertiary alicyclic amines) is 1. The number of H-pyrrole nitrogens is 1. The number of hydrogen-bond donors (Lipinski definition) is 1. The molecule has 0 unspecified atom stereocenters. The van der Waals surface area contributed by atoms with Gasteiger partial charge in [0.05, 0.1) is 6.20 Å². The average molecular weight is 426 g/mol. The SMILES string of the molecule is O=C(CCc1ncc(-c2ccc(Cl)cc2)o1)N1CCC(c2nc(C3CC3)n[nH]2)CC1. The van der Waals surface area contributed by atoms with Crippen LogP contribution in [0, 0.1) is 0 Å². The Morgan fingerprint density at radius 1 is 1.13 bits per heavy atom. The van der Waals surface area contributed by atoms with E-state index >= 15 is 0 Å². The second kappa shape index (κ2) is 8.22. The summed E-state index contributed by atoms with van der Waals surface area (Å²) in [5, 5.41) is 8.15. The lowest BCUT2D eigenvalue weighted by Gasteiger charge is -2.31. The molecule has 3 heterocycles. The highest BCUT2D eigenvalue weighted by Gasteiger charge is 2.30. The fourth-order valence-corrected chi connectivity index (χ4v) is 4.07. The quantitative estimate of drug-likeness (QED) is 0.635. The summed E-state index contributed by atoms with van der Waals surface area (Å²) in [7, 11) is 0. The van der Waals surface area contributed by atoms with Crippen molar-refractivity contribution in [1.82, 2.24) is 25.1 Å². The minimum absolute atomic E-state index is 0.149. The van der Waals surface area contributed by atoms with Crippen LogP contribution in [0.5, 0.6) is 0 Å². The molecular formula is C22H24ClN5O2. The van der Waals surface area contributed by atoms with Gasteiger partial charge in [0.1, 0.15) is 5.82 Å². The summed E-state index contributed by atoms with van der Waals surface area (Å²) in [4.78, 5) is 23.6. The summed E-state index contributed by atoms with van der Waals surface area (Å²) in [6.45, 7) is 1.51. The lowest BCUT2D eigenvalue weighted by Crippen LogP contribution is -2.38. The molecule has 0 bridgehead atoms. The van der Waals surface area contributed by atoms with E-state index in [1.54, 1.807) is 6.20 Å². The maximum Gasteiger partial charge on any atom is 0.223 e. The zero-order chi connectivity index (χ0) is 20.5. The van der Waals surface area contributed by atoms with Crippen LogP contribution in [0.15, 0.2) is 34.9 Å². The topological polar surface area (TPSA) is 87.9 Å². The first kappa shape index (κ1) is 19.3. The molecule has 156 valence electrons. The van der Waals surface area contributed by atoms with Crippen molar-refractivity contribution in [2.75, 3.05) is 13.1 Å². The minimum Gasteiger partial charge on any atom is -0.441 e. The number of halogens is 1. The van der Waals surface area contributed by atoms with Crippen molar-refractivity contribution in [3.8, 4) is 11.3 Å². The molecule has 1 aliphatic heterocycles. The Kier molecular flexibility index (Phi) is 5.29. The monoisotopic (exact) mass is 425 g/mol. The first-order valence-corrected chi connectivity index (χ1v) is 10.9. The van der Waals surface area contributed by atoms with E-state index in [-0.39, 0.29) is 5.91 Å². The molecule has 0 atom stereocenters. The van der Waals surface area contributed by atoms with Gasteiger partial charge in [0, 0.05) is 48.4 Å². The number of amides is 1. The van der Waals surface area contributed by atoms with Crippen LogP contribution in [0.4, 0.5) is 0 Å². The van der Waals surface area contributed by atoms with E-state index in [2.05, 4.69) is 20.2 Å². The lowest BCUT2D eigenvalue weighted by atomic mass is 9.96. The third-order valence-electron chi connectivity index (χ3n) is 5.93. The molecule has 2 aromatic heterocycles. The normalized spacial score (nSPS) is 17.4. The lowest BCUT2D eigenvalue weighted by molar-refractivity contribution is -0.132. The molecule has 1 saturated heterocycles. The van der Waals surface area contributed by atoms with Crippen molar-refractivity contribution in [3.63, 3.8) is 0 Å². The molecule has 30 heavy (non-hydrogen) atoms. The van der Waals surface area contributed by atoms with Crippen LogP contribution in [-0.4, -0.2) is 44.1 Å². The van der Waals surface area contributed by atoms with Crippen LogP contribution < -0.4 is 0 Å². The maximum absolute atomic E-state index is 12.6. The van der Waals surface area contributed by atoms with Gasteiger partial charge >= 0.3 is 0 Å². The highest BCUT2D eigenvalue weighted by molar-refractivity contribution is 6.30. The van der Waals surface area contributed by atoms with Crippen molar-refractivity contribution >= 4 is 17.5 Å². The number of hydrogen-bond acceptors (Lipinski definition) is 5. The number of nitrogens with one attached hydrogen (secondary N) is 1. The Morgan fingerprint density at radius 2 is 1.90 bits per heavy atom. The van der Waals surface area contributed by atoms with Gasteiger partial charge in [-0.05, 0) is 49.9 Å². The van der Waals surface area contributed by atoms with Crippen molar-refractivity contribution in [2.24, 2.45) is 0 Å². The summed E-state index contributed by atoms with van der Waals surface area (Å²) < 4.78 is 5.80. The molecule has 2 aliphatic rings. The fraction of sp³-hybridized carbons (Fsp3) is 0.455. The van der Waals surface area contributed by atoms with Crippen molar-refractivity contribution in [2.45, 2.75) is 50.4 Å². The van der Waals surface area contributed by atoms with Gasteiger partial charge in [-0.1, -0.05) is 11.6 Å². The first-order chi connectivity index (χ1) is 14.7. The van der Waals surface area contributed by atoms with E-state index in [1.807, 2.05) is 29.2 Å². The summed E-state index contributed by atoms with van der Waals surface area (Å²) in [5.41, 5.74) is 0.920. The Labute approximate surface area is 179 Å². The van der Waals surface area contributed by atoms with Crippen molar-refractivity contribution in [1.29, 1.82) is 0 Å². The predicted molar refractivity (Wildman–Crippen MR) is 112 cm³/mol. The van der Waals surface area contributed by atoms with E-state index in [0.29, 0.717) is 41.4 Å². The average Bonchev–Trinajstić information content (AvgIpc) is 3.31. The smallest absolute Gasteiger partial charge is 0.223 e. The van der Waals surface area contributed by atoms with Gasteiger partial charge in [-0.25, -0.2) is 9.97 Å². The van der Waals surface area contributed by atoms with Gasteiger partial charge < -0.3 is 9.32 Å². The number of oxazole rings is 1. The van der Waals surface area contributed by atoms with Gasteiger partial charge in [0.15, 0.2) is 17.5 Å². The molecule has 2 fully saturated rings. The van der Waals surface area contributed by atoms with Gasteiger partial charge in [0.25, 0.3) is 0 Å². The third-order valence-corrected chi connectivity index (χ3v) is 6.18. The van der Waals surface area contributed by atoms with Crippen LogP contribution >= 0.6 is 11.6 Å². The summed E-state index contributed by atoms with van der Waals surface area (Å²) in [6.07, 6.45) is 6.85. The highest BCUT2D eigenvalue weighted by Crippen LogP contribution is 2.38. The second-order valence-electron chi connectivity index (χ2n) is 8.13. The number of aromatic amines is 1. The molecular weight excluding hydrogens is 402 g/mol. The molecule has 1 saturated carbocycles. The molecule has 1 aliphatic carbocycles. The highest BCUT2D eigenvalue weighted by atomic mass is 35.5. The molecule has 0 radical (unpaired) electrons.